The first-order valence-electron chi connectivity index (χ1n) is 9.61. The molecule has 0 heterocycles. The average molecular weight is 335 g/mol. The molecular formula is C22H38S. The Bertz CT molecular complexity index is 396. The van der Waals surface area contributed by atoms with Crippen molar-refractivity contribution in [2.24, 2.45) is 17.8 Å². The molecule has 0 aromatic heterocycles. The smallest absolute Gasteiger partial charge is 0.00913 e. The predicted octanol–water partition coefficient (Wildman–Crippen LogP) is 7.78. The van der Waals surface area contributed by atoms with Gasteiger partial charge in [-0.1, -0.05) is 58.9 Å². The van der Waals surface area contributed by atoms with E-state index in [9.17, 15) is 0 Å². The molecule has 1 saturated carbocycles. The summed E-state index contributed by atoms with van der Waals surface area (Å²) < 4.78 is 0. The quantitative estimate of drug-likeness (QED) is 0.306. The van der Waals surface area contributed by atoms with E-state index in [0.29, 0.717) is 5.92 Å². The van der Waals surface area contributed by atoms with Crippen molar-refractivity contribution in [1.82, 2.24) is 0 Å². The molecular weight excluding hydrogens is 296 g/mol. The van der Waals surface area contributed by atoms with Crippen molar-refractivity contribution in [3.63, 3.8) is 0 Å². The topological polar surface area (TPSA) is 0 Å². The Balaban J connectivity index is 2.48. The highest BCUT2D eigenvalue weighted by Gasteiger charge is 2.19. The van der Waals surface area contributed by atoms with E-state index in [1.165, 1.54) is 49.0 Å². The molecule has 132 valence electrons. The Morgan fingerprint density at radius 3 is 2.43 bits per heavy atom. The van der Waals surface area contributed by atoms with Crippen LogP contribution in [0.3, 0.4) is 0 Å². The highest BCUT2D eigenvalue weighted by Crippen LogP contribution is 2.36. The molecule has 0 aromatic rings. The second-order valence-corrected chi connectivity index (χ2v) is 9.16. The van der Waals surface area contributed by atoms with Crippen molar-refractivity contribution in [3.8, 4) is 0 Å². The molecule has 0 aromatic carbocycles. The molecule has 0 spiro atoms. The molecule has 1 heteroatoms. The van der Waals surface area contributed by atoms with Crippen molar-refractivity contribution in [1.29, 1.82) is 0 Å². The van der Waals surface area contributed by atoms with Crippen molar-refractivity contribution >= 4 is 11.8 Å². The zero-order valence-corrected chi connectivity index (χ0v) is 16.9. The van der Waals surface area contributed by atoms with Gasteiger partial charge in [0.15, 0.2) is 0 Å². The summed E-state index contributed by atoms with van der Waals surface area (Å²) in [5.41, 5.74) is 1.42. The van der Waals surface area contributed by atoms with Crippen LogP contribution in [0.5, 0.6) is 0 Å². The lowest BCUT2D eigenvalue weighted by molar-refractivity contribution is 0.393. The van der Waals surface area contributed by atoms with Crippen LogP contribution in [0.15, 0.2) is 35.3 Å². The Kier molecular flexibility index (Phi) is 10.0. The summed E-state index contributed by atoms with van der Waals surface area (Å²) in [6.07, 6.45) is 16.0. The maximum absolute atomic E-state index is 4.04. The van der Waals surface area contributed by atoms with E-state index < -0.39 is 0 Å². The summed E-state index contributed by atoms with van der Waals surface area (Å²) in [6.45, 7) is 15.7. The van der Waals surface area contributed by atoms with Crippen LogP contribution in [0, 0.1) is 17.8 Å². The molecule has 1 aliphatic rings. The molecule has 0 aliphatic heterocycles. The van der Waals surface area contributed by atoms with Crippen LogP contribution in [0.4, 0.5) is 0 Å². The third-order valence-electron chi connectivity index (χ3n) is 5.28. The molecule has 1 rings (SSSR count). The molecule has 2 atom stereocenters. The molecule has 1 aliphatic carbocycles. The van der Waals surface area contributed by atoms with E-state index >= 15 is 0 Å². The molecule has 0 amide bonds. The minimum absolute atomic E-state index is 0.684. The van der Waals surface area contributed by atoms with Crippen LogP contribution >= 0.6 is 11.8 Å². The van der Waals surface area contributed by atoms with Gasteiger partial charge in [-0.25, -0.2) is 0 Å². The normalized spacial score (nSPS) is 26.0. The van der Waals surface area contributed by atoms with Gasteiger partial charge in [0, 0.05) is 5.25 Å². The van der Waals surface area contributed by atoms with Gasteiger partial charge >= 0.3 is 0 Å². The first-order chi connectivity index (χ1) is 11.0. The van der Waals surface area contributed by atoms with Crippen molar-refractivity contribution in [3.05, 3.63) is 35.3 Å². The minimum atomic E-state index is 0.684. The highest BCUT2D eigenvalue weighted by atomic mass is 32.2. The van der Waals surface area contributed by atoms with Crippen molar-refractivity contribution < 1.29 is 0 Å². The number of hydrogen-bond donors (Lipinski definition) is 0. The van der Waals surface area contributed by atoms with Crippen molar-refractivity contribution in [2.45, 2.75) is 84.8 Å². The molecule has 0 nitrogen and oxygen atoms in total. The van der Waals surface area contributed by atoms with Gasteiger partial charge in [0.25, 0.3) is 0 Å². The van der Waals surface area contributed by atoms with Gasteiger partial charge in [-0.05, 0) is 73.7 Å². The maximum Gasteiger partial charge on any atom is 0.00913 e. The van der Waals surface area contributed by atoms with Gasteiger partial charge in [0.2, 0.25) is 0 Å². The fourth-order valence-corrected chi connectivity index (χ4v) is 4.68. The van der Waals surface area contributed by atoms with E-state index in [0.717, 1.165) is 23.5 Å². The van der Waals surface area contributed by atoms with E-state index in [1.54, 1.807) is 0 Å². The van der Waals surface area contributed by atoms with Crippen molar-refractivity contribution in [2.75, 3.05) is 0 Å². The highest BCUT2D eigenvalue weighted by molar-refractivity contribution is 8.03. The van der Waals surface area contributed by atoms with Crippen LogP contribution in [0.25, 0.3) is 0 Å². The molecule has 0 radical (unpaired) electrons. The van der Waals surface area contributed by atoms with Crippen LogP contribution in [-0.2, 0) is 0 Å². The second-order valence-electron chi connectivity index (χ2n) is 7.64. The summed E-state index contributed by atoms with van der Waals surface area (Å²) in [4.78, 5) is 1.48. The third kappa shape index (κ3) is 8.29. The Morgan fingerprint density at radius 1 is 1.22 bits per heavy atom. The molecule has 0 saturated heterocycles. The zero-order chi connectivity index (χ0) is 17.2. The third-order valence-corrected chi connectivity index (χ3v) is 6.70. The number of rotatable bonds is 9. The Hall–Kier alpha value is -0.430. The lowest BCUT2D eigenvalue weighted by Crippen LogP contribution is -2.14. The summed E-state index contributed by atoms with van der Waals surface area (Å²) in [6, 6.07) is 0. The average Bonchev–Trinajstić information content (AvgIpc) is 2.53. The van der Waals surface area contributed by atoms with Gasteiger partial charge in [0.05, 0.1) is 0 Å². The van der Waals surface area contributed by atoms with E-state index in [1.807, 2.05) is 0 Å². The summed E-state index contributed by atoms with van der Waals surface area (Å²) in [5, 5.41) is 0.828. The van der Waals surface area contributed by atoms with Gasteiger partial charge < -0.3 is 0 Å². The van der Waals surface area contributed by atoms with E-state index in [-0.39, 0.29) is 0 Å². The molecule has 0 bridgehead atoms. The summed E-state index contributed by atoms with van der Waals surface area (Å²) in [7, 11) is 0. The SMILES string of the molecule is C=C/C(CC=CC(C)CC(C)CC)=C(/C)SC1CCC(C)CC1. The Labute approximate surface area is 149 Å². The maximum atomic E-state index is 4.04. The molecule has 2 unspecified atom stereocenters. The fourth-order valence-electron chi connectivity index (χ4n) is 3.35. The molecule has 1 fully saturated rings. The largest absolute Gasteiger partial charge is 0.127 e. The van der Waals surface area contributed by atoms with Crippen LogP contribution in [0.1, 0.15) is 79.6 Å². The zero-order valence-electron chi connectivity index (χ0n) is 16.1. The first kappa shape index (κ1) is 20.6. The first-order valence-corrected chi connectivity index (χ1v) is 10.5. The number of thioether (sulfide) groups is 1. The van der Waals surface area contributed by atoms with E-state index in [2.05, 4.69) is 71.2 Å². The van der Waals surface area contributed by atoms with Gasteiger partial charge in [0.1, 0.15) is 0 Å². The fraction of sp³-hybridized carbons (Fsp3) is 0.727. The van der Waals surface area contributed by atoms with Gasteiger partial charge in [-0.2, -0.15) is 0 Å². The lowest BCUT2D eigenvalue weighted by Gasteiger charge is -2.26. The minimum Gasteiger partial charge on any atom is -0.127 e. The number of hydrogen-bond acceptors (Lipinski definition) is 1. The summed E-state index contributed by atoms with van der Waals surface area (Å²) in [5.74, 6) is 2.45. The van der Waals surface area contributed by atoms with Crippen LogP contribution in [-0.4, -0.2) is 5.25 Å². The van der Waals surface area contributed by atoms with E-state index in [4.69, 9.17) is 0 Å². The lowest BCUT2D eigenvalue weighted by atomic mass is 9.91. The molecule has 0 N–H and O–H groups in total. The monoisotopic (exact) mass is 334 g/mol. The standard InChI is InChI=1S/C22H38S/c1-7-17(3)16-19(5)10-9-11-21(8-2)20(6)23-22-14-12-18(4)13-15-22/h8-10,17-19,22H,2,7,11-16H2,1,3-6H3/b10-9?,21-20+. The second kappa shape index (κ2) is 11.2. The number of allylic oxidation sites excluding steroid dienone is 5. The van der Waals surface area contributed by atoms with Gasteiger partial charge in [-0.15, -0.1) is 11.8 Å². The van der Waals surface area contributed by atoms with Crippen LogP contribution in [0.2, 0.25) is 0 Å². The Morgan fingerprint density at radius 2 is 1.87 bits per heavy atom. The predicted molar refractivity (Wildman–Crippen MR) is 109 cm³/mol. The summed E-state index contributed by atoms with van der Waals surface area (Å²) >= 11 is 2.10. The molecule has 23 heavy (non-hydrogen) atoms. The van der Waals surface area contributed by atoms with Crippen LogP contribution < -0.4 is 0 Å². The van der Waals surface area contributed by atoms with Gasteiger partial charge in [-0.3, -0.25) is 0 Å².